The average Bonchev–Trinajstić information content (AvgIpc) is 2.56. The number of benzene rings is 2. The number of rotatable bonds is 6. The lowest BCUT2D eigenvalue weighted by molar-refractivity contribution is 0.0826. The molecule has 0 fully saturated rings. The summed E-state index contributed by atoms with van der Waals surface area (Å²) in [7, 11) is 1.61. The topological polar surface area (TPSA) is 38.3 Å². The van der Waals surface area contributed by atoms with Crippen molar-refractivity contribution in [3.05, 3.63) is 64.7 Å². The predicted molar refractivity (Wildman–Crippen MR) is 91.8 cm³/mol. The number of thioether (sulfide) groups is 1. The zero-order valence-electron chi connectivity index (χ0n) is 12.5. The molecule has 1 atom stereocenters. The lowest BCUT2D eigenvalue weighted by atomic mass is 10.1. The van der Waals surface area contributed by atoms with Gasteiger partial charge in [0.1, 0.15) is 6.10 Å². The molecule has 0 unspecified atom stereocenters. The third-order valence-electron chi connectivity index (χ3n) is 3.34. The van der Waals surface area contributed by atoms with Crippen molar-refractivity contribution in [2.24, 2.45) is 0 Å². The third-order valence-corrected chi connectivity index (χ3v) is 4.48. The molecule has 3 nitrogen and oxygen atoms in total. The van der Waals surface area contributed by atoms with Crippen molar-refractivity contribution in [1.82, 2.24) is 5.32 Å². The summed E-state index contributed by atoms with van der Waals surface area (Å²) < 4.78 is 5.46. The van der Waals surface area contributed by atoms with E-state index in [-0.39, 0.29) is 12.0 Å². The van der Waals surface area contributed by atoms with Crippen LogP contribution in [0.4, 0.5) is 0 Å². The molecule has 0 bridgehead atoms. The van der Waals surface area contributed by atoms with E-state index < -0.39 is 0 Å². The van der Waals surface area contributed by atoms with E-state index in [1.807, 2.05) is 54.8 Å². The number of hydrogen-bond acceptors (Lipinski definition) is 3. The lowest BCUT2D eigenvalue weighted by Crippen LogP contribution is -2.29. The van der Waals surface area contributed by atoms with Crippen molar-refractivity contribution in [3.8, 4) is 0 Å². The maximum atomic E-state index is 12.3. The van der Waals surface area contributed by atoms with Gasteiger partial charge in [-0.2, -0.15) is 0 Å². The van der Waals surface area contributed by atoms with Gasteiger partial charge in [0.25, 0.3) is 5.91 Å². The first-order chi connectivity index (χ1) is 10.7. The van der Waals surface area contributed by atoms with Crippen molar-refractivity contribution in [3.63, 3.8) is 0 Å². The van der Waals surface area contributed by atoms with Gasteiger partial charge in [0, 0.05) is 29.1 Å². The van der Waals surface area contributed by atoms with Crippen molar-refractivity contribution in [1.29, 1.82) is 0 Å². The van der Waals surface area contributed by atoms with Crippen LogP contribution < -0.4 is 5.32 Å². The first-order valence-electron chi connectivity index (χ1n) is 6.85. The van der Waals surface area contributed by atoms with Crippen LogP contribution in [0.2, 0.25) is 5.02 Å². The maximum absolute atomic E-state index is 12.3. The molecule has 2 aromatic carbocycles. The predicted octanol–water partition coefficient (Wildman–Crippen LogP) is 4.18. The lowest BCUT2D eigenvalue weighted by Gasteiger charge is -2.18. The molecule has 0 saturated carbocycles. The number of ether oxygens (including phenoxy) is 1. The minimum Gasteiger partial charge on any atom is -0.375 e. The van der Waals surface area contributed by atoms with Crippen LogP contribution in [0.5, 0.6) is 0 Å². The minimum atomic E-state index is -0.279. The second-order valence-corrected chi connectivity index (χ2v) is 5.91. The fourth-order valence-electron chi connectivity index (χ4n) is 2.17. The molecule has 0 aromatic heterocycles. The van der Waals surface area contributed by atoms with Crippen LogP contribution in [0.1, 0.15) is 22.0 Å². The van der Waals surface area contributed by atoms with Gasteiger partial charge < -0.3 is 10.1 Å². The minimum absolute atomic E-state index is 0.112. The van der Waals surface area contributed by atoms with E-state index in [0.717, 1.165) is 10.5 Å². The monoisotopic (exact) mass is 335 g/mol. The third kappa shape index (κ3) is 4.03. The van der Waals surface area contributed by atoms with Gasteiger partial charge in [0.05, 0.1) is 5.56 Å². The molecule has 2 rings (SSSR count). The number of nitrogens with one attached hydrogen (secondary N) is 1. The summed E-state index contributed by atoms with van der Waals surface area (Å²) in [5.74, 6) is -0.112. The Kier molecular flexibility index (Phi) is 6.31. The Balaban J connectivity index is 2.08. The van der Waals surface area contributed by atoms with Crippen molar-refractivity contribution < 1.29 is 9.53 Å². The molecule has 116 valence electrons. The second kappa shape index (κ2) is 8.22. The number of carbonyl (C=O) groups is 1. The smallest absolute Gasteiger partial charge is 0.252 e. The van der Waals surface area contributed by atoms with Gasteiger partial charge in [-0.25, -0.2) is 0 Å². The van der Waals surface area contributed by atoms with Crippen LogP contribution >= 0.6 is 23.4 Å². The van der Waals surface area contributed by atoms with Gasteiger partial charge in [-0.1, -0.05) is 41.9 Å². The Morgan fingerprint density at radius 2 is 1.91 bits per heavy atom. The molecular formula is C17H18ClNO2S. The number of amides is 1. The summed E-state index contributed by atoms with van der Waals surface area (Å²) in [6, 6.07) is 15.0. The molecule has 1 amide bonds. The maximum Gasteiger partial charge on any atom is 0.252 e. The average molecular weight is 336 g/mol. The van der Waals surface area contributed by atoms with E-state index in [2.05, 4.69) is 5.32 Å². The van der Waals surface area contributed by atoms with Crippen LogP contribution in [0.3, 0.4) is 0 Å². The Morgan fingerprint density at radius 3 is 2.59 bits per heavy atom. The summed E-state index contributed by atoms with van der Waals surface area (Å²) >= 11 is 7.73. The first kappa shape index (κ1) is 16.9. The van der Waals surface area contributed by atoms with Gasteiger partial charge >= 0.3 is 0 Å². The van der Waals surface area contributed by atoms with E-state index in [9.17, 15) is 4.79 Å². The van der Waals surface area contributed by atoms with Crippen LogP contribution in [-0.4, -0.2) is 25.8 Å². The summed E-state index contributed by atoms with van der Waals surface area (Å²) in [6.45, 7) is 0.363. The van der Waals surface area contributed by atoms with Gasteiger partial charge in [0.15, 0.2) is 0 Å². The van der Waals surface area contributed by atoms with Crippen molar-refractivity contribution >= 4 is 29.3 Å². The molecule has 0 aliphatic heterocycles. The molecule has 2 aromatic rings. The summed E-state index contributed by atoms with van der Waals surface area (Å²) in [5, 5.41) is 3.55. The van der Waals surface area contributed by atoms with Crippen molar-refractivity contribution in [2.45, 2.75) is 11.0 Å². The molecule has 0 spiro atoms. The Labute approximate surface area is 140 Å². The molecule has 0 radical (unpaired) electrons. The van der Waals surface area contributed by atoms with Gasteiger partial charge in [0.2, 0.25) is 0 Å². The van der Waals surface area contributed by atoms with Crippen LogP contribution in [0.25, 0.3) is 0 Å². The van der Waals surface area contributed by atoms with Crippen LogP contribution in [0.15, 0.2) is 53.4 Å². The molecule has 0 aliphatic rings. The molecule has 22 heavy (non-hydrogen) atoms. The zero-order chi connectivity index (χ0) is 15.9. The van der Waals surface area contributed by atoms with Gasteiger partial charge in [-0.15, -0.1) is 11.8 Å². The molecular weight excluding hydrogens is 318 g/mol. The van der Waals surface area contributed by atoms with E-state index in [0.29, 0.717) is 17.1 Å². The highest BCUT2D eigenvalue weighted by atomic mass is 35.5. The van der Waals surface area contributed by atoms with E-state index >= 15 is 0 Å². The zero-order valence-corrected chi connectivity index (χ0v) is 14.1. The SMILES string of the molecule is CO[C@H](CNC(=O)c1ccccc1SC)c1ccccc1Cl. The largest absolute Gasteiger partial charge is 0.375 e. The Morgan fingerprint density at radius 1 is 1.23 bits per heavy atom. The fourth-order valence-corrected chi connectivity index (χ4v) is 3.02. The second-order valence-electron chi connectivity index (χ2n) is 4.66. The van der Waals surface area contributed by atoms with E-state index in [1.165, 1.54) is 0 Å². The highest BCUT2D eigenvalue weighted by molar-refractivity contribution is 7.98. The first-order valence-corrected chi connectivity index (χ1v) is 8.46. The highest BCUT2D eigenvalue weighted by Gasteiger charge is 2.16. The quantitative estimate of drug-likeness (QED) is 0.805. The number of methoxy groups -OCH3 is 1. The summed E-state index contributed by atoms with van der Waals surface area (Å²) in [6.07, 6.45) is 1.67. The number of carbonyl (C=O) groups excluding carboxylic acids is 1. The van der Waals surface area contributed by atoms with Crippen molar-refractivity contribution in [2.75, 3.05) is 19.9 Å². The number of hydrogen-bond donors (Lipinski definition) is 1. The van der Waals surface area contributed by atoms with E-state index in [1.54, 1.807) is 18.9 Å². The molecule has 0 aliphatic carbocycles. The standard InChI is InChI=1S/C17H18ClNO2S/c1-21-15(12-7-3-5-9-14(12)18)11-19-17(20)13-8-4-6-10-16(13)22-2/h3-10,15H,11H2,1-2H3,(H,19,20)/t15-/m1/s1. The fraction of sp³-hybridized carbons (Fsp3) is 0.235. The molecule has 1 N–H and O–H groups in total. The Hall–Kier alpha value is -1.49. The molecule has 5 heteroatoms. The molecule has 0 saturated heterocycles. The highest BCUT2D eigenvalue weighted by Crippen LogP contribution is 2.25. The molecule has 0 heterocycles. The van der Waals surface area contributed by atoms with Gasteiger partial charge in [-0.05, 0) is 24.5 Å². The van der Waals surface area contributed by atoms with Crippen LogP contribution in [-0.2, 0) is 4.74 Å². The van der Waals surface area contributed by atoms with E-state index in [4.69, 9.17) is 16.3 Å². The van der Waals surface area contributed by atoms with Gasteiger partial charge in [-0.3, -0.25) is 4.79 Å². The van der Waals surface area contributed by atoms with Crippen LogP contribution in [0, 0.1) is 0 Å². The Bertz CT molecular complexity index is 648. The summed E-state index contributed by atoms with van der Waals surface area (Å²) in [5.41, 5.74) is 1.54. The number of halogens is 1. The summed E-state index contributed by atoms with van der Waals surface area (Å²) in [4.78, 5) is 13.3. The normalized spacial score (nSPS) is 12.0.